The molecule has 1 aromatic heterocycles. The standard InChI is InChI=1S/C15H26N4O3S2/c1-11-14(9-18(3)15(23)16-6-7-22-4)12(2)19(17-11)13-5-8-24(20,21)10-13/h13H,5-10H2,1-4H3,(H,16,23)/t13-/m1/s1. The van der Waals surface area contributed by atoms with Crippen LogP contribution in [0.2, 0.25) is 0 Å². The Kier molecular flexibility index (Phi) is 6.22. The fourth-order valence-corrected chi connectivity index (χ4v) is 4.81. The highest BCUT2D eigenvalue weighted by molar-refractivity contribution is 7.91. The van der Waals surface area contributed by atoms with Gasteiger partial charge >= 0.3 is 0 Å². The molecule has 7 nitrogen and oxygen atoms in total. The summed E-state index contributed by atoms with van der Waals surface area (Å²) in [6.07, 6.45) is 0.635. The molecule has 0 unspecified atom stereocenters. The molecule has 0 aromatic carbocycles. The number of nitrogens with one attached hydrogen (secondary N) is 1. The van der Waals surface area contributed by atoms with Crippen molar-refractivity contribution in [1.29, 1.82) is 0 Å². The van der Waals surface area contributed by atoms with Gasteiger partial charge in [0.15, 0.2) is 14.9 Å². The SMILES string of the molecule is COCCNC(=S)N(C)Cc1c(C)nn([C@@H]2CCS(=O)(=O)C2)c1C. The van der Waals surface area contributed by atoms with E-state index in [0.717, 1.165) is 17.0 Å². The first kappa shape index (κ1) is 19.1. The van der Waals surface area contributed by atoms with Gasteiger partial charge in [0.1, 0.15) is 0 Å². The summed E-state index contributed by atoms with van der Waals surface area (Å²) in [6, 6.07) is -0.0560. The summed E-state index contributed by atoms with van der Waals surface area (Å²) >= 11 is 5.37. The van der Waals surface area contributed by atoms with Crippen molar-refractivity contribution in [2.24, 2.45) is 0 Å². The van der Waals surface area contributed by atoms with Gasteiger partial charge in [0.05, 0.1) is 29.8 Å². The molecule has 0 spiro atoms. The van der Waals surface area contributed by atoms with E-state index in [1.54, 1.807) is 7.11 Å². The van der Waals surface area contributed by atoms with Crippen LogP contribution < -0.4 is 5.32 Å². The average Bonchev–Trinajstić information content (AvgIpc) is 3.01. The lowest BCUT2D eigenvalue weighted by Crippen LogP contribution is -2.38. The first-order chi connectivity index (χ1) is 11.2. The molecule has 2 rings (SSSR count). The quantitative estimate of drug-likeness (QED) is 0.583. The van der Waals surface area contributed by atoms with Gasteiger partial charge in [-0.05, 0) is 32.5 Å². The van der Waals surface area contributed by atoms with Crippen LogP contribution in [0.1, 0.15) is 29.4 Å². The zero-order chi connectivity index (χ0) is 17.9. The monoisotopic (exact) mass is 374 g/mol. The first-order valence-corrected chi connectivity index (χ1v) is 10.2. The molecule has 0 saturated carbocycles. The molecule has 0 bridgehead atoms. The van der Waals surface area contributed by atoms with E-state index in [1.807, 2.05) is 30.5 Å². The van der Waals surface area contributed by atoms with Crippen molar-refractivity contribution in [1.82, 2.24) is 20.0 Å². The number of thiocarbonyl (C=S) groups is 1. The molecular formula is C15H26N4O3S2. The van der Waals surface area contributed by atoms with Gasteiger partial charge in [-0.1, -0.05) is 0 Å². The molecule has 0 aliphatic carbocycles. The summed E-state index contributed by atoms with van der Waals surface area (Å²) in [5.41, 5.74) is 3.03. The average molecular weight is 375 g/mol. The van der Waals surface area contributed by atoms with Crippen LogP contribution in [-0.2, 0) is 21.1 Å². The highest BCUT2D eigenvalue weighted by Crippen LogP contribution is 2.27. The van der Waals surface area contributed by atoms with E-state index in [4.69, 9.17) is 17.0 Å². The van der Waals surface area contributed by atoms with Crippen LogP contribution in [0.25, 0.3) is 0 Å². The lowest BCUT2D eigenvalue weighted by molar-refractivity contribution is 0.203. The molecule has 1 saturated heterocycles. The second-order valence-corrected chi connectivity index (χ2v) is 8.85. The van der Waals surface area contributed by atoms with Crippen molar-refractivity contribution < 1.29 is 13.2 Å². The largest absolute Gasteiger partial charge is 0.383 e. The van der Waals surface area contributed by atoms with Gasteiger partial charge < -0.3 is 15.0 Å². The van der Waals surface area contributed by atoms with E-state index >= 15 is 0 Å². The number of aryl methyl sites for hydroxylation is 1. The number of ether oxygens (including phenoxy) is 1. The molecule has 2 heterocycles. The molecule has 1 aliphatic heterocycles. The van der Waals surface area contributed by atoms with E-state index in [9.17, 15) is 8.42 Å². The number of hydrogen-bond acceptors (Lipinski definition) is 5. The molecule has 0 amide bonds. The molecular weight excluding hydrogens is 348 g/mol. The lowest BCUT2D eigenvalue weighted by atomic mass is 10.2. The molecule has 1 fully saturated rings. The van der Waals surface area contributed by atoms with Crippen LogP contribution in [0.4, 0.5) is 0 Å². The number of methoxy groups -OCH3 is 1. The Bertz CT molecular complexity index is 700. The Balaban J connectivity index is 2.07. The van der Waals surface area contributed by atoms with E-state index < -0.39 is 9.84 Å². The molecule has 1 aromatic rings. The summed E-state index contributed by atoms with van der Waals surface area (Å²) in [6.45, 7) is 5.85. The first-order valence-electron chi connectivity index (χ1n) is 7.98. The number of aromatic nitrogens is 2. The lowest BCUT2D eigenvalue weighted by Gasteiger charge is -2.21. The summed E-state index contributed by atoms with van der Waals surface area (Å²) in [4.78, 5) is 1.96. The molecule has 9 heteroatoms. The van der Waals surface area contributed by atoms with Crippen molar-refractivity contribution in [3.05, 3.63) is 17.0 Å². The molecule has 136 valence electrons. The summed E-state index contributed by atoms with van der Waals surface area (Å²) in [5.74, 6) is 0.431. The van der Waals surface area contributed by atoms with Gasteiger partial charge in [-0.3, -0.25) is 4.68 Å². The van der Waals surface area contributed by atoms with Crippen LogP contribution in [0.15, 0.2) is 0 Å². The Morgan fingerprint density at radius 3 is 2.79 bits per heavy atom. The van der Waals surface area contributed by atoms with Gasteiger partial charge in [0, 0.05) is 38.5 Å². The van der Waals surface area contributed by atoms with E-state index in [1.165, 1.54) is 0 Å². The van der Waals surface area contributed by atoms with E-state index in [-0.39, 0.29) is 17.5 Å². The van der Waals surface area contributed by atoms with Gasteiger partial charge in [0.2, 0.25) is 0 Å². The Morgan fingerprint density at radius 1 is 1.50 bits per heavy atom. The number of hydrogen-bond donors (Lipinski definition) is 1. The van der Waals surface area contributed by atoms with Crippen molar-refractivity contribution in [3.63, 3.8) is 0 Å². The predicted octanol–water partition coefficient (Wildman–Crippen LogP) is 0.812. The molecule has 0 radical (unpaired) electrons. The Labute approximate surface area is 149 Å². The third-order valence-electron chi connectivity index (χ3n) is 4.35. The summed E-state index contributed by atoms with van der Waals surface area (Å²) in [7, 11) is 0.653. The highest BCUT2D eigenvalue weighted by Gasteiger charge is 2.31. The maximum atomic E-state index is 11.7. The van der Waals surface area contributed by atoms with Crippen LogP contribution in [0.3, 0.4) is 0 Å². The molecule has 1 aliphatic rings. The maximum absolute atomic E-state index is 11.7. The third-order valence-corrected chi connectivity index (χ3v) is 6.56. The van der Waals surface area contributed by atoms with Crippen LogP contribution in [0.5, 0.6) is 0 Å². The minimum atomic E-state index is -2.93. The molecule has 1 atom stereocenters. The summed E-state index contributed by atoms with van der Waals surface area (Å²) < 4.78 is 30.3. The predicted molar refractivity (Wildman–Crippen MR) is 98.0 cm³/mol. The smallest absolute Gasteiger partial charge is 0.169 e. The van der Waals surface area contributed by atoms with Crippen LogP contribution in [-0.4, -0.2) is 67.0 Å². The fraction of sp³-hybridized carbons (Fsp3) is 0.733. The maximum Gasteiger partial charge on any atom is 0.169 e. The second-order valence-electron chi connectivity index (χ2n) is 6.23. The second kappa shape index (κ2) is 7.79. The fourth-order valence-electron chi connectivity index (χ4n) is 2.95. The van der Waals surface area contributed by atoms with Gasteiger partial charge in [-0.15, -0.1) is 0 Å². The number of nitrogens with zero attached hydrogens (tertiary/aromatic N) is 3. The molecule has 1 N–H and O–H groups in total. The Hall–Kier alpha value is -1.19. The Morgan fingerprint density at radius 2 is 2.21 bits per heavy atom. The highest BCUT2D eigenvalue weighted by atomic mass is 32.2. The minimum absolute atomic E-state index is 0.0560. The normalized spacial score (nSPS) is 19.4. The topological polar surface area (TPSA) is 76.5 Å². The zero-order valence-electron chi connectivity index (χ0n) is 14.7. The van der Waals surface area contributed by atoms with Gasteiger partial charge in [0.25, 0.3) is 0 Å². The van der Waals surface area contributed by atoms with Crippen LogP contribution >= 0.6 is 12.2 Å². The summed E-state index contributed by atoms with van der Waals surface area (Å²) in [5, 5.41) is 8.38. The minimum Gasteiger partial charge on any atom is -0.383 e. The van der Waals surface area contributed by atoms with E-state index in [2.05, 4.69) is 10.4 Å². The van der Waals surface area contributed by atoms with E-state index in [0.29, 0.717) is 31.2 Å². The molecule has 24 heavy (non-hydrogen) atoms. The number of sulfone groups is 1. The van der Waals surface area contributed by atoms with Crippen molar-refractivity contribution in [2.75, 3.05) is 38.8 Å². The number of rotatable bonds is 6. The van der Waals surface area contributed by atoms with Crippen LogP contribution in [0, 0.1) is 13.8 Å². The van der Waals surface area contributed by atoms with Crippen molar-refractivity contribution in [3.8, 4) is 0 Å². The zero-order valence-corrected chi connectivity index (χ0v) is 16.3. The van der Waals surface area contributed by atoms with Crippen molar-refractivity contribution >= 4 is 27.2 Å². The van der Waals surface area contributed by atoms with Gasteiger partial charge in [-0.2, -0.15) is 5.10 Å². The third kappa shape index (κ3) is 4.46. The van der Waals surface area contributed by atoms with Crippen molar-refractivity contribution in [2.45, 2.75) is 32.9 Å². The van der Waals surface area contributed by atoms with Gasteiger partial charge in [-0.25, -0.2) is 8.42 Å².